The van der Waals surface area contributed by atoms with Crippen molar-refractivity contribution in [1.82, 2.24) is 4.98 Å². The number of nitrogens with zero attached hydrogens (tertiary/aromatic N) is 1. The van der Waals surface area contributed by atoms with Gasteiger partial charge in [-0.1, -0.05) is 6.07 Å². The Labute approximate surface area is 137 Å². The average Bonchev–Trinajstić information content (AvgIpc) is 2.88. The molecule has 3 nitrogen and oxygen atoms in total. The van der Waals surface area contributed by atoms with Crippen molar-refractivity contribution in [1.29, 1.82) is 0 Å². The van der Waals surface area contributed by atoms with Crippen molar-refractivity contribution in [3.63, 3.8) is 0 Å². The summed E-state index contributed by atoms with van der Waals surface area (Å²) in [7, 11) is 0. The van der Waals surface area contributed by atoms with Gasteiger partial charge in [0, 0.05) is 11.3 Å². The van der Waals surface area contributed by atoms with Crippen LogP contribution in [0.15, 0.2) is 46.9 Å². The summed E-state index contributed by atoms with van der Waals surface area (Å²) in [6.45, 7) is 0. The van der Waals surface area contributed by atoms with E-state index in [4.69, 9.17) is 10.2 Å². The Balaban J connectivity index is 2.07. The summed E-state index contributed by atoms with van der Waals surface area (Å²) in [4.78, 5) is 4.07. The highest BCUT2D eigenvalue weighted by atomic mass is 19.4. The van der Waals surface area contributed by atoms with Crippen molar-refractivity contribution < 1.29 is 30.8 Å². The summed E-state index contributed by atoms with van der Waals surface area (Å²) in [6, 6.07) is 8.83. The van der Waals surface area contributed by atoms with Crippen LogP contribution in [0.4, 0.5) is 32.0 Å². The molecule has 0 bridgehead atoms. The highest BCUT2D eigenvalue weighted by Crippen LogP contribution is 2.46. The van der Waals surface area contributed by atoms with Crippen molar-refractivity contribution in [2.45, 2.75) is 18.3 Å². The zero-order valence-electron chi connectivity index (χ0n) is 12.3. The molecule has 3 aromatic rings. The average molecular weight is 360 g/mol. The second-order valence-electron chi connectivity index (χ2n) is 5.38. The molecule has 3 rings (SSSR count). The standard InChI is InChI=1S/C16H10F6N2O/c17-15(18,19)13(16(20,21)22)9-3-6-11-12(7-9)25-14(24-11)8-1-4-10(23)5-2-8/h1-7,13H,23H2. The molecule has 0 saturated heterocycles. The van der Waals surface area contributed by atoms with E-state index in [-0.39, 0.29) is 17.0 Å². The molecule has 0 aliphatic rings. The van der Waals surface area contributed by atoms with Gasteiger partial charge in [-0.05, 0) is 42.0 Å². The molecule has 1 heterocycles. The van der Waals surface area contributed by atoms with E-state index < -0.39 is 23.8 Å². The Morgan fingerprint density at radius 1 is 0.880 bits per heavy atom. The SMILES string of the molecule is Nc1ccc(-c2nc3ccc(C(C(F)(F)F)C(F)(F)F)cc3o2)cc1. The molecule has 132 valence electrons. The van der Waals surface area contributed by atoms with Gasteiger partial charge in [-0.2, -0.15) is 26.3 Å². The fourth-order valence-corrected chi connectivity index (χ4v) is 2.43. The second kappa shape index (κ2) is 5.68. The van der Waals surface area contributed by atoms with Gasteiger partial charge >= 0.3 is 12.4 Å². The molecule has 9 heteroatoms. The Kier molecular flexibility index (Phi) is 3.89. The fourth-order valence-electron chi connectivity index (χ4n) is 2.43. The van der Waals surface area contributed by atoms with Crippen LogP contribution in [0.1, 0.15) is 11.5 Å². The van der Waals surface area contributed by atoms with Crippen LogP contribution in [0.5, 0.6) is 0 Å². The predicted molar refractivity (Wildman–Crippen MR) is 78.7 cm³/mol. The Bertz CT molecular complexity index is 882. The Morgan fingerprint density at radius 3 is 2.04 bits per heavy atom. The van der Waals surface area contributed by atoms with E-state index >= 15 is 0 Å². The van der Waals surface area contributed by atoms with Crippen LogP contribution in [0.3, 0.4) is 0 Å². The van der Waals surface area contributed by atoms with Gasteiger partial charge in [0.2, 0.25) is 5.89 Å². The first kappa shape index (κ1) is 17.1. The lowest BCUT2D eigenvalue weighted by Gasteiger charge is -2.23. The van der Waals surface area contributed by atoms with Crippen LogP contribution >= 0.6 is 0 Å². The Hall–Kier alpha value is -2.71. The molecule has 1 aromatic heterocycles. The van der Waals surface area contributed by atoms with Gasteiger partial charge in [0.1, 0.15) is 5.52 Å². The lowest BCUT2D eigenvalue weighted by molar-refractivity contribution is -0.253. The minimum absolute atomic E-state index is 0.0720. The second-order valence-corrected chi connectivity index (χ2v) is 5.38. The molecule has 0 unspecified atom stereocenters. The van der Waals surface area contributed by atoms with Gasteiger partial charge in [0.05, 0.1) is 0 Å². The van der Waals surface area contributed by atoms with E-state index in [9.17, 15) is 26.3 Å². The molecule has 0 aliphatic heterocycles. The summed E-state index contributed by atoms with van der Waals surface area (Å²) in [5.41, 5.74) is 5.57. The molecule has 2 aromatic carbocycles. The first-order valence-electron chi connectivity index (χ1n) is 6.95. The number of aromatic nitrogens is 1. The molecule has 25 heavy (non-hydrogen) atoms. The highest BCUT2D eigenvalue weighted by Gasteiger charge is 2.57. The van der Waals surface area contributed by atoms with Crippen molar-refractivity contribution in [3.8, 4) is 11.5 Å². The lowest BCUT2D eigenvalue weighted by atomic mass is 9.97. The molecular formula is C16H10F6N2O. The van der Waals surface area contributed by atoms with E-state index in [1.165, 1.54) is 0 Å². The number of hydrogen-bond acceptors (Lipinski definition) is 3. The topological polar surface area (TPSA) is 52.0 Å². The Morgan fingerprint density at radius 2 is 1.48 bits per heavy atom. The van der Waals surface area contributed by atoms with E-state index in [2.05, 4.69) is 4.98 Å². The third-order valence-corrected chi connectivity index (χ3v) is 3.56. The number of hydrogen-bond donors (Lipinski definition) is 1. The molecule has 0 fully saturated rings. The zero-order valence-corrected chi connectivity index (χ0v) is 12.3. The van der Waals surface area contributed by atoms with Crippen LogP contribution < -0.4 is 5.73 Å². The smallest absolute Gasteiger partial charge is 0.404 e. The van der Waals surface area contributed by atoms with Gasteiger partial charge in [-0.3, -0.25) is 0 Å². The summed E-state index contributed by atoms with van der Waals surface area (Å²) < 4.78 is 82.3. The first-order chi connectivity index (χ1) is 11.6. The molecular weight excluding hydrogens is 350 g/mol. The van der Waals surface area contributed by atoms with Crippen molar-refractivity contribution in [2.75, 3.05) is 5.73 Å². The largest absolute Gasteiger partial charge is 0.436 e. The van der Waals surface area contributed by atoms with Gasteiger partial charge in [0.15, 0.2) is 11.5 Å². The maximum atomic E-state index is 12.8. The summed E-state index contributed by atoms with van der Waals surface area (Å²) in [5, 5.41) is 0. The number of rotatable bonds is 2. The number of oxazole rings is 1. The molecule has 0 radical (unpaired) electrons. The fraction of sp³-hybridized carbons (Fsp3) is 0.188. The monoisotopic (exact) mass is 360 g/mol. The molecule has 0 aliphatic carbocycles. The maximum absolute atomic E-state index is 12.8. The minimum Gasteiger partial charge on any atom is -0.436 e. The van der Waals surface area contributed by atoms with Crippen LogP contribution in [0.25, 0.3) is 22.6 Å². The third kappa shape index (κ3) is 3.40. The molecule has 0 atom stereocenters. The number of anilines is 1. The summed E-state index contributed by atoms with van der Waals surface area (Å²) in [6.07, 6.45) is -10.9. The van der Waals surface area contributed by atoms with Crippen LogP contribution in [-0.4, -0.2) is 17.3 Å². The van der Waals surface area contributed by atoms with Crippen molar-refractivity contribution >= 4 is 16.8 Å². The molecule has 2 N–H and O–H groups in total. The lowest BCUT2D eigenvalue weighted by Crippen LogP contribution is -2.34. The number of fused-ring (bicyclic) bond motifs is 1. The molecule has 0 amide bonds. The zero-order chi connectivity index (χ0) is 18.4. The number of benzene rings is 2. The van der Waals surface area contributed by atoms with Crippen molar-refractivity contribution in [3.05, 3.63) is 48.0 Å². The third-order valence-electron chi connectivity index (χ3n) is 3.56. The number of nitrogen functional groups attached to an aromatic ring is 1. The van der Waals surface area contributed by atoms with Gasteiger partial charge in [-0.15, -0.1) is 0 Å². The first-order valence-corrected chi connectivity index (χ1v) is 6.95. The van der Waals surface area contributed by atoms with E-state index in [1.54, 1.807) is 24.3 Å². The summed E-state index contributed by atoms with van der Waals surface area (Å²) >= 11 is 0. The van der Waals surface area contributed by atoms with Gasteiger partial charge in [0.25, 0.3) is 0 Å². The van der Waals surface area contributed by atoms with Crippen molar-refractivity contribution in [2.24, 2.45) is 0 Å². The highest BCUT2D eigenvalue weighted by molar-refractivity contribution is 5.77. The number of nitrogens with two attached hydrogens (primary N) is 1. The van der Waals surface area contributed by atoms with E-state index in [1.807, 2.05) is 0 Å². The molecule has 0 spiro atoms. The van der Waals surface area contributed by atoms with E-state index in [0.717, 1.165) is 18.2 Å². The quantitative estimate of drug-likeness (QED) is 0.499. The normalized spacial score (nSPS) is 12.9. The minimum atomic E-state index is -5.47. The maximum Gasteiger partial charge on any atom is 0.404 e. The predicted octanol–water partition coefficient (Wildman–Crippen LogP) is 5.29. The van der Waals surface area contributed by atoms with Gasteiger partial charge in [-0.25, -0.2) is 4.98 Å². The van der Waals surface area contributed by atoms with Crippen LogP contribution in [0, 0.1) is 0 Å². The number of halogens is 6. The van der Waals surface area contributed by atoms with Crippen LogP contribution in [-0.2, 0) is 0 Å². The van der Waals surface area contributed by atoms with Crippen LogP contribution in [0.2, 0.25) is 0 Å². The van der Waals surface area contributed by atoms with E-state index in [0.29, 0.717) is 11.3 Å². The van der Waals surface area contributed by atoms with Gasteiger partial charge < -0.3 is 10.2 Å². The molecule has 0 saturated carbocycles. The summed E-state index contributed by atoms with van der Waals surface area (Å²) in [5.74, 6) is -3.52. The number of alkyl halides is 6.